The zero-order valence-corrected chi connectivity index (χ0v) is 16.7. The van der Waals surface area contributed by atoms with Gasteiger partial charge < -0.3 is 9.73 Å². The lowest BCUT2D eigenvalue weighted by molar-refractivity contribution is -0.113. The van der Waals surface area contributed by atoms with Crippen LogP contribution in [0, 0.1) is 0 Å². The van der Waals surface area contributed by atoms with Crippen molar-refractivity contribution in [1.82, 2.24) is 10.2 Å². The number of thioether (sulfide) groups is 1. The molecule has 1 amide bonds. The summed E-state index contributed by atoms with van der Waals surface area (Å²) in [4.78, 5) is 12.4. The van der Waals surface area contributed by atoms with Crippen LogP contribution in [0.4, 0.5) is 5.69 Å². The van der Waals surface area contributed by atoms with Crippen LogP contribution in [0.25, 0.3) is 11.5 Å². The highest BCUT2D eigenvalue weighted by Gasteiger charge is 2.15. The second-order valence-electron chi connectivity index (χ2n) is 5.85. The number of anilines is 1. The van der Waals surface area contributed by atoms with E-state index >= 15 is 0 Å². The molecule has 0 aliphatic heterocycles. The number of halogens is 1. The van der Waals surface area contributed by atoms with Crippen LogP contribution >= 0.6 is 23.4 Å². The van der Waals surface area contributed by atoms with E-state index in [2.05, 4.69) is 29.4 Å². The van der Waals surface area contributed by atoms with Gasteiger partial charge in [0.1, 0.15) is 0 Å². The molecule has 0 saturated carbocycles. The standard InChI is InChI=1S/C20H20ClN3O2S/c1-3-13-8-7-9-14(4-2)18(13)22-17(25)12-27-20-24-23-19(26-20)15-10-5-6-11-16(15)21/h5-11H,3-4,12H2,1-2H3,(H,22,25). The van der Waals surface area contributed by atoms with E-state index in [-0.39, 0.29) is 11.7 Å². The average molecular weight is 402 g/mol. The van der Waals surface area contributed by atoms with E-state index in [0.29, 0.717) is 21.7 Å². The third-order valence-electron chi connectivity index (χ3n) is 4.10. The van der Waals surface area contributed by atoms with Crippen LogP contribution in [0.15, 0.2) is 52.1 Å². The second-order valence-corrected chi connectivity index (χ2v) is 7.18. The molecule has 3 rings (SSSR count). The first kappa shape index (κ1) is 19.5. The van der Waals surface area contributed by atoms with E-state index in [1.807, 2.05) is 36.4 Å². The monoisotopic (exact) mass is 401 g/mol. The number of nitrogens with one attached hydrogen (secondary N) is 1. The minimum Gasteiger partial charge on any atom is -0.411 e. The Labute approximate surface area is 167 Å². The van der Waals surface area contributed by atoms with Crippen LogP contribution in [0.3, 0.4) is 0 Å². The number of carbonyl (C=O) groups excluding carboxylic acids is 1. The maximum atomic E-state index is 12.4. The quantitative estimate of drug-likeness (QED) is 0.548. The summed E-state index contributed by atoms with van der Waals surface area (Å²) >= 11 is 7.34. The number of benzene rings is 2. The molecular formula is C20H20ClN3O2S. The molecule has 3 aromatic rings. The molecule has 0 unspecified atom stereocenters. The first-order chi connectivity index (χ1) is 13.1. The Balaban J connectivity index is 1.65. The van der Waals surface area contributed by atoms with Gasteiger partial charge in [-0.1, -0.05) is 67.5 Å². The molecule has 5 nitrogen and oxygen atoms in total. The number of aryl methyl sites for hydroxylation is 2. The molecule has 2 aromatic carbocycles. The maximum absolute atomic E-state index is 12.4. The zero-order valence-electron chi connectivity index (χ0n) is 15.2. The van der Waals surface area contributed by atoms with Crippen molar-refractivity contribution < 1.29 is 9.21 Å². The predicted octanol–water partition coefficient (Wildman–Crippen LogP) is 5.25. The largest absolute Gasteiger partial charge is 0.411 e. The van der Waals surface area contributed by atoms with Crippen molar-refractivity contribution in [1.29, 1.82) is 0 Å². The Hall–Kier alpha value is -2.31. The summed E-state index contributed by atoms with van der Waals surface area (Å²) in [7, 11) is 0. The Kier molecular flexibility index (Phi) is 6.53. The van der Waals surface area contributed by atoms with Gasteiger partial charge in [-0.15, -0.1) is 10.2 Å². The molecular weight excluding hydrogens is 382 g/mol. The van der Waals surface area contributed by atoms with E-state index < -0.39 is 0 Å². The van der Waals surface area contributed by atoms with Gasteiger partial charge in [0.2, 0.25) is 11.8 Å². The summed E-state index contributed by atoms with van der Waals surface area (Å²) in [6.45, 7) is 4.15. The summed E-state index contributed by atoms with van der Waals surface area (Å²) in [5, 5.41) is 11.9. The summed E-state index contributed by atoms with van der Waals surface area (Å²) in [6, 6.07) is 13.4. The Bertz CT molecular complexity index is 920. The van der Waals surface area contributed by atoms with Crippen LogP contribution in [0.2, 0.25) is 5.02 Å². The minimum atomic E-state index is -0.104. The van der Waals surface area contributed by atoms with Gasteiger partial charge in [0.25, 0.3) is 5.22 Å². The predicted molar refractivity (Wildman–Crippen MR) is 109 cm³/mol. The Morgan fingerprint density at radius 3 is 2.44 bits per heavy atom. The van der Waals surface area contributed by atoms with Gasteiger partial charge >= 0.3 is 0 Å². The number of rotatable bonds is 7. The first-order valence-electron chi connectivity index (χ1n) is 8.74. The second kappa shape index (κ2) is 9.06. The molecule has 0 saturated heterocycles. The number of amides is 1. The molecule has 0 radical (unpaired) electrons. The van der Waals surface area contributed by atoms with Crippen LogP contribution in [0.5, 0.6) is 0 Å². The minimum absolute atomic E-state index is 0.104. The number of hydrogen-bond acceptors (Lipinski definition) is 5. The maximum Gasteiger partial charge on any atom is 0.277 e. The highest BCUT2D eigenvalue weighted by molar-refractivity contribution is 7.99. The van der Waals surface area contributed by atoms with Gasteiger partial charge in [-0.2, -0.15) is 0 Å². The molecule has 1 heterocycles. The van der Waals surface area contributed by atoms with Crippen molar-refractivity contribution in [2.75, 3.05) is 11.1 Å². The molecule has 7 heteroatoms. The van der Waals surface area contributed by atoms with E-state index in [9.17, 15) is 4.79 Å². The lowest BCUT2D eigenvalue weighted by atomic mass is 10.0. The van der Waals surface area contributed by atoms with Crippen molar-refractivity contribution in [3.05, 3.63) is 58.6 Å². The molecule has 0 spiro atoms. The Morgan fingerprint density at radius 1 is 1.07 bits per heavy atom. The fourth-order valence-electron chi connectivity index (χ4n) is 2.72. The third kappa shape index (κ3) is 4.70. The summed E-state index contributed by atoms with van der Waals surface area (Å²) in [6.07, 6.45) is 1.73. The van der Waals surface area contributed by atoms with Gasteiger partial charge in [-0.3, -0.25) is 4.79 Å². The number of nitrogens with zero attached hydrogens (tertiary/aromatic N) is 2. The number of aromatic nitrogens is 2. The number of hydrogen-bond donors (Lipinski definition) is 1. The van der Waals surface area contributed by atoms with Gasteiger partial charge in [0, 0.05) is 5.69 Å². The molecule has 0 aliphatic carbocycles. The summed E-state index contributed by atoms with van der Waals surface area (Å²) < 4.78 is 5.62. The molecule has 0 atom stereocenters. The smallest absolute Gasteiger partial charge is 0.277 e. The van der Waals surface area contributed by atoms with Gasteiger partial charge in [0.15, 0.2) is 0 Å². The normalized spacial score (nSPS) is 10.8. The van der Waals surface area contributed by atoms with Gasteiger partial charge in [-0.05, 0) is 36.1 Å². The van der Waals surface area contributed by atoms with Crippen molar-refractivity contribution in [2.24, 2.45) is 0 Å². The molecule has 140 valence electrons. The Morgan fingerprint density at radius 2 is 1.78 bits per heavy atom. The van der Waals surface area contributed by atoms with Crippen molar-refractivity contribution in [3.8, 4) is 11.5 Å². The van der Waals surface area contributed by atoms with E-state index in [1.54, 1.807) is 6.07 Å². The van der Waals surface area contributed by atoms with Crippen molar-refractivity contribution >= 4 is 35.0 Å². The lowest BCUT2D eigenvalue weighted by Gasteiger charge is -2.14. The van der Waals surface area contributed by atoms with Crippen molar-refractivity contribution in [2.45, 2.75) is 31.9 Å². The third-order valence-corrected chi connectivity index (χ3v) is 5.25. The topological polar surface area (TPSA) is 68.0 Å². The van der Waals surface area contributed by atoms with Gasteiger partial charge in [-0.25, -0.2) is 0 Å². The average Bonchev–Trinajstić information content (AvgIpc) is 3.15. The zero-order chi connectivity index (χ0) is 19.2. The van der Waals surface area contributed by atoms with E-state index in [0.717, 1.165) is 29.7 Å². The summed E-state index contributed by atoms with van der Waals surface area (Å²) in [5.74, 6) is 0.423. The van der Waals surface area contributed by atoms with E-state index in [1.165, 1.54) is 11.8 Å². The van der Waals surface area contributed by atoms with Crippen LogP contribution in [-0.4, -0.2) is 21.9 Å². The molecule has 1 N–H and O–H groups in total. The summed E-state index contributed by atoms with van der Waals surface area (Å²) in [5.41, 5.74) is 3.85. The van der Waals surface area contributed by atoms with Crippen molar-refractivity contribution in [3.63, 3.8) is 0 Å². The molecule has 27 heavy (non-hydrogen) atoms. The number of para-hydroxylation sites is 1. The molecule has 1 aromatic heterocycles. The SMILES string of the molecule is CCc1cccc(CC)c1NC(=O)CSc1nnc(-c2ccccc2Cl)o1. The van der Waals surface area contributed by atoms with Crippen LogP contribution < -0.4 is 5.32 Å². The molecule has 0 bridgehead atoms. The van der Waals surface area contributed by atoms with Crippen LogP contribution in [0.1, 0.15) is 25.0 Å². The first-order valence-corrected chi connectivity index (χ1v) is 10.1. The fourth-order valence-corrected chi connectivity index (χ4v) is 3.50. The molecule has 0 fully saturated rings. The highest BCUT2D eigenvalue weighted by atomic mass is 35.5. The van der Waals surface area contributed by atoms with E-state index in [4.69, 9.17) is 16.0 Å². The highest BCUT2D eigenvalue weighted by Crippen LogP contribution is 2.29. The number of carbonyl (C=O) groups is 1. The van der Waals surface area contributed by atoms with Crippen LogP contribution in [-0.2, 0) is 17.6 Å². The fraction of sp³-hybridized carbons (Fsp3) is 0.250. The lowest BCUT2D eigenvalue weighted by Crippen LogP contribution is -2.16. The molecule has 0 aliphatic rings. The van der Waals surface area contributed by atoms with Gasteiger partial charge in [0.05, 0.1) is 16.3 Å².